The van der Waals surface area contributed by atoms with Gasteiger partial charge >= 0.3 is 6.18 Å². The molecule has 14 nitrogen and oxygen atoms in total. The Bertz CT molecular complexity index is 2060. The lowest BCUT2D eigenvalue weighted by atomic mass is 10.2. The molecule has 2 aromatic carbocycles. The fraction of sp³-hybridized carbons (Fsp3) is 0.394. The topological polar surface area (TPSA) is 146 Å². The van der Waals surface area contributed by atoms with Gasteiger partial charge in [-0.3, -0.25) is 19.2 Å². The van der Waals surface area contributed by atoms with E-state index in [0.717, 1.165) is 28.8 Å². The van der Waals surface area contributed by atoms with E-state index in [2.05, 4.69) is 20.7 Å². The normalized spacial score (nSPS) is 15.2. The molecule has 4 heterocycles. The van der Waals surface area contributed by atoms with E-state index in [4.69, 9.17) is 16.3 Å². The molecule has 0 aliphatic carbocycles. The van der Waals surface area contributed by atoms with Gasteiger partial charge in [0.1, 0.15) is 18.0 Å². The predicted octanol–water partition coefficient (Wildman–Crippen LogP) is 2.82. The first-order chi connectivity index (χ1) is 24.8. The molecule has 0 spiro atoms. The number of hydrogen-bond donors (Lipinski definition) is 2. The van der Waals surface area contributed by atoms with Crippen LogP contribution >= 0.6 is 11.6 Å². The molecular formula is C33H34ClF4N9O5. The number of ether oxygens (including phenoxy) is 1. The van der Waals surface area contributed by atoms with Crippen molar-refractivity contribution in [3.05, 3.63) is 80.5 Å². The highest BCUT2D eigenvalue weighted by Crippen LogP contribution is 2.34. The molecule has 276 valence electrons. The Hall–Kier alpha value is -5.23. The van der Waals surface area contributed by atoms with Gasteiger partial charge in [0.15, 0.2) is 0 Å². The number of aromatic nitrogens is 4. The molecule has 3 amide bonds. The molecule has 0 radical (unpaired) electrons. The second kappa shape index (κ2) is 15.2. The summed E-state index contributed by atoms with van der Waals surface area (Å²) >= 11 is 6.10. The zero-order chi connectivity index (χ0) is 37.2. The van der Waals surface area contributed by atoms with Crippen LogP contribution in [0.25, 0.3) is 5.78 Å². The first-order valence-electron chi connectivity index (χ1n) is 16.4. The third-order valence-electron chi connectivity index (χ3n) is 8.78. The molecular weight excluding hydrogens is 714 g/mol. The van der Waals surface area contributed by atoms with Crippen molar-refractivity contribution in [1.29, 1.82) is 0 Å². The van der Waals surface area contributed by atoms with Crippen molar-refractivity contribution in [3.8, 4) is 0 Å². The van der Waals surface area contributed by atoms with Crippen molar-refractivity contribution < 1.29 is 36.7 Å². The number of piperazine rings is 1. The quantitative estimate of drug-likeness (QED) is 0.247. The number of nitrogens with zero attached hydrogens (tertiary/aromatic N) is 7. The van der Waals surface area contributed by atoms with Crippen LogP contribution in [0.1, 0.15) is 28.5 Å². The van der Waals surface area contributed by atoms with Crippen LogP contribution < -0.4 is 26.0 Å². The second-order valence-corrected chi connectivity index (χ2v) is 12.4. The number of anilines is 3. The summed E-state index contributed by atoms with van der Waals surface area (Å²) in [5, 5.41) is 9.21. The summed E-state index contributed by atoms with van der Waals surface area (Å²) in [7, 11) is 0. The Morgan fingerprint density at radius 1 is 0.981 bits per heavy atom. The molecule has 0 unspecified atom stereocenters. The Morgan fingerprint density at radius 2 is 1.69 bits per heavy atom. The van der Waals surface area contributed by atoms with E-state index >= 15 is 0 Å². The van der Waals surface area contributed by atoms with Crippen molar-refractivity contribution in [2.45, 2.75) is 26.1 Å². The first-order valence-corrected chi connectivity index (χ1v) is 16.8. The van der Waals surface area contributed by atoms with E-state index in [1.807, 2.05) is 4.90 Å². The average molecular weight is 748 g/mol. The minimum Gasteiger partial charge on any atom is -0.378 e. The molecule has 2 aromatic heterocycles. The molecule has 0 saturated carbocycles. The summed E-state index contributed by atoms with van der Waals surface area (Å²) in [5.74, 6) is -2.12. The van der Waals surface area contributed by atoms with Crippen molar-refractivity contribution in [2.75, 3.05) is 74.1 Å². The number of rotatable bonds is 9. The van der Waals surface area contributed by atoms with Crippen LogP contribution in [0.4, 0.5) is 34.9 Å². The maximum absolute atomic E-state index is 14.1. The van der Waals surface area contributed by atoms with Gasteiger partial charge in [-0.2, -0.15) is 22.7 Å². The molecule has 6 rings (SSSR count). The lowest BCUT2D eigenvalue weighted by Crippen LogP contribution is -2.52. The van der Waals surface area contributed by atoms with E-state index in [1.165, 1.54) is 27.7 Å². The first kappa shape index (κ1) is 36.6. The number of carbonyl (C=O) groups is 3. The molecule has 19 heteroatoms. The summed E-state index contributed by atoms with van der Waals surface area (Å²) in [6.07, 6.45) is -4.35. The van der Waals surface area contributed by atoms with Crippen molar-refractivity contribution in [2.24, 2.45) is 0 Å². The van der Waals surface area contributed by atoms with Gasteiger partial charge in [-0.15, -0.1) is 5.10 Å². The number of fused-ring (bicyclic) bond motifs is 1. The molecule has 4 aromatic rings. The number of halogens is 5. The molecule has 2 saturated heterocycles. The van der Waals surface area contributed by atoms with Crippen LogP contribution in [0.15, 0.2) is 47.3 Å². The summed E-state index contributed by atoms with van der Waals surface area (Å²) in [4.78, 5) is 62.8. The number of amides is 3. The van der Waals surface area contributed by atoms with Gasteiger partial charge < -0.3 is 34.6 Å². The van der Waals surface area contributed by atoms with Gasteiger partial charge in [0.05, 0.1) is 47.3 Å². The Balaban J connectivity index is 1.25. The van der Waals surface area contributed by atoms with E-state index in [9.17, 15) is 36.7 Å². The average Bonchev–Trinajstić information content (AvgIpc) is 3.59. The predicted molar refractivity (Wildman–Crippen MR) is 182 cm³/mol. The minimum atomic E-state index is -4.62. The molecule has 2 fully saturated rings. The number of alkyl halides is 3. The zero-order valence-corrected chi connectivity index (χ0v) is 28.6. The van der Waals surface area contributed by atoms with Crippen molar-refractivity contribution in [3.63, 3.8) is 0 Å². The SMILES string of the molecule is CCc1c(N2CCN(C(=O)CNC(=O)c3ccccc3F)CC2)c(=O)n2nc(N3CCOCC3)nc2n1CC(=O)Nc1ccc(C(F)(F)F)cc1Cl. The van der Waals surface area contributed by atoms with Gasteiger partial charge in [-0.1, -0.05) is 30.7 Å². The maximum Gasteiger partial charge on any atom is 0.416 e. The van der Waals surface area contributed by atoms with Crippen LogP contribution in [0.2, 0.25) is 5.02 Å². The van der Waals surface area contributed by atoms with Gasteiger partial charge in [0.25, 0.3) is 11.5 Å². The molecule has 0 atom stereocenters. The van der Waals surface area contributed by atoms with Gasteiger partial charge in [0, 0.05) is 39.3 Å². The second-order valence-electron chi connectivity index (χ2n) is 12.0. The van der Waals surface area contributed by atoms with Crippen molar-refractivity contribution in [1.82, 2.24) is 29.4 Å². The highest BCUT2D eigenvalue weighted by Gasteiger charge is 2.32. The van der Waals surface area contributed by atoms with E-state index < -0.39 is 47.4 Å². The van der Waals surface area contributed by atoms with Gasteiger partial charge in [0.2, 0.25) is 23.5 Å². The summed E-state index contributed by atoms with van der Waals surface area (Å²) in [6.45, 7) is 3.69. The smallest absolute Gasteiger partial charge is 0.378 e. The number of morpholine rings is 1. The van der Waals surface area contributed by atoms with Crippen LogP contribution in [0.3, 0.4) is 0 Å². The highest BCUT2D eigenvalue weighted by atomic mass is 35.5. The maximum atomic E-state index is 14.1. The van der Waals surface area contributed by atoms with Gasteiger partial charge in [-0.05, 0) is 36.8 Å². The van der Waals surface area contributed by atoms with Crippen molar-refractivity contribution >= 4 is 52.4 Å². The lowest BCUT2D eigenvalue weighted by molar-refractivity contribution is -0.137. The third kappa shape index (κ3) is 7.67. The Labute approximate surface area is 298 Å². The number of hydrogen-bond acceptors (Lipinski definition) is 9. The van der Waals surface area contributed by atoms with E-state index in [0.29, 0.717) is 32.0 Å². The molecule has 2 aliphatic heterocycles. The Kier molecular flexibility index (Phi) is 10.7. The largest absolute Gasteiger partial charge is 0.416 e. The number of benzene rings is 2. The summed E-state index contributed by atoms with van der Waals surface area (Å²) < 4.78 is 61.7. The lowest BCUT2D eigenvalue weighted by Gasteiger charge is -2.36. The van der Waals surface area contributed by atoms with Crippen LogP contribution in [0, 0.1) is 5.82 Å². The summed E-state index contributed by atoms with van der Waals surface area (Å²) in [6, 6.07) is 8.02. The molecule has 2 N–H and O–H groups in total. The zero-order valence-electron chi connectivity index (χ0n) is 27.9. The standard InChI is InChI=1S/C33H34ClF4N9O5/c1-2-25-28(44-11-9-43(10-12-44)27(49)18-39-29(50)21-5-3-4-6-23(21)35)30(51)47-32(41-31(42-47)45-13-15-52-16-14-45)46(25)19-26(48)40-24-8-7-20(17-22(24)34)33(36,37)38/h3-8,17H,2,9-16,18-19H2,1H3,(H,39,50)(H,40,48). The Morgan fingerprint density at radius 3 is 2.35 bits per heavy atom. The molecule has 2 aliphatic rings. The third-order valence-corrected chi connectivity index (χ3v) is 9.10. The minimum absolute atomic E-state index is 0.0311. The molecule has 0 bridgehead atoms. The van der Waals surface area contributed by atoms with E-state index in [-0.39, 0.29) is 72.8 Å². The fourth-order valence-electron chi connectivity index (χ4n) is 6.13. The fourth-order valence-corrected chi connectivity index (χ4v) is 6.36. The highest BCUT2D eigenvalue weighted by molar-refractivity contribution is 6.33. The number of nitrogens with one attached hydrogen (secondary N) is 2. The van der Waals surface area contributed by atoms with Crippen LogP contribution in [0.5, 0.6) is 0 Å². The molecule has 52 heavy (non-hydrogen) atoms. The van der Waals surface area contributed by atoms with Crippen LogP contribution in [-0.2, 0) is 33.5 Å². The number of carbonyl (C=O) groups excluding carboxylic acids is 3. The van der Waals surface area contributed by atoms with E-state index in [1.54, 1.807) is 11.8 Å². The van der Waals surface area contributed by atoms with Gasteiger partial charge in [-0.25, -0.2) is 4.39 Å². The summed E-state index contributed by atoms with van der Waals surface area (Å²) in [5.41, 5.74) is -0.976. The van der Waals surface area contributed by atoms with Crippen LogP contribution in [-0.4, -0.2) is 101 Å². The monoisotopic (exact) mass is 747 g/mol.